The van der Waals surface area contributed by atoms with E-state index < -0.39 is 0 Å². The lowest BCUT2D eigenvalue weighted by Gasteiger charge is -1.95. The number of hydrogen-bond acceptors (Lipinski definition) is 2. The molecule has 0 bridgehead atoms. The summed E-state index contributed by atoms with van der Waals surface area (Å²) in [7, 11) is 0. The molecule has 0 atom stereocenters. The third kappa shape index (κ3) is 1.32. The van der Waals surface area contributed by atoms with Gasteiger partial charge in [-0.3, -0.25) is 4.79 Å². The second-order valence-corrected chi connectivity index (χ2v) is 3.54. The van der Waals surface area contributed by atoms with E-state index in [0.717, 1.165) is 11.3 Å². The number of nitrogens with one attached hydrogen (secondary N) is 2. The van der Waals surface area contributed by atoms with Crippen molar-refractivity contribution >= 4 is 23.4 Å². The summed E-state index contributed by atoms with van der Waals surface area (Å²) in [5.41, 5.74) is 2.40. The van der Waals surface area contributed by atoms with E-state index in [9.17, 15) is 4.79 Å². The van der Waals surface area contributed by atoms with Crippen LogP contribution in [0.3, 0.4) is 0 Å². The molecular weight excluding hydrogens is 202 g/mol. The number of hydrogen-bond donors (Lipinski definition) is 2. The lowest BCUT2D eigenvalue weighted by atomic mass is 10.1. The fraction of sp³-hybridized carbons (Fsp3) is 0. The Balaban J connectivity index is 2.12. The molecule has 2 aromatic rings. The van der Waals surface area contributed by atoms with Crippen LogP contribution in [0.4, 0.5) is 5.82 Å². The number of amides is 1. The van der Waals surface area contributed by atoms with Crippen LogP contribution in [0.25, 0.3) is 11.6 Å². The first kappa shape index (κ1) is 8.91. The Morgan fingerprint density at radius 1 is 1.25 bits per heavy atom. The second kappa shape index (κ2) is 3.34. The first-order valence-corrected chi connectivity index (χ1v) is 4.96. The van der Waals surface area contributed by atoms with Crippen molar-refractivity contribution in [3.63, 3.8) is 0 Å². The van der Waals surface area contributed by atoms with Gasteiger partial charge in [-0.05, 0) is 30.3 Å². The number of anilines is 1. The van der Waals surface area contributed by atoms with Gasteiger partial charge in [-0.25, -0.2) is 4.98 Å². The van der Waals surface area contributed by atoms with E-state index >= 15 is 0 Å². The largest absolute Gasteiger partial charge is 0.362 e. The molecule has 2 N–H and O–H groups in total. The van der Waals surface area contributed by atoms with E-state index in [0.29, 0.717) is 11.4 Å². The van der Waals surface area contributed by atoms with Crippen molar-refractivity contribution in [2.45, 2.75) is 0 Å². The van der Waals surface area contributed by atoms with E-state index in [1.807, 2.05) is 36.5 Å². The van der Waals surface area contributed by atoms with Crippen LogP contribution >= 0.6 is 0 Å². The number of aromatic amines is 1. The Morgan fingerprint density at radius 3 is 3.00 bits per heavy atom. The zero-order valence-corrected chi connectivity index (χ0v) is 8.40. The van der Waals surface area contributed by atoms with Crippen LogP contribution < -0.4 is 5.32 Å². The van der Waals surface area contributed by atoms with Crippen molar-refractivity contribution in [3.05, 3.63) is 47.9 Å². The molecule has 0 saturated heterocycles. The molecule has 1 aliphatic rings. The third-order valence-electron chi connectivity index (χ3n) is 2.50. The molecule has 0 saturated carbocycles. The van der Waals surface area contributed by atoms with Gasteiger partial charge in [-0.1, -0.05) is 0 Å². The molecule has 4 heteroatoms. The topological polar surface area (TPSA) is 57.8 Å². The number of pyridine rings is 1. The fourth-order valence-corrected chi connectivity index (χ4v) is 1.75. The maximum atomic E-state index is 11.7. The minimum absolute atomic E-state index is 0.108. The van der Waals surface area contributed by atoms with Crippen LogP contribution in [-0.4, -0.2) is 15.9 Å². The monoisotopic (exact) mass is 211 g/mol. The highest BCUT2D eigenvalue weighted by molar-refractivity contribution is 6.34. The molecular formula is C12H9N3O. The van der Waals surface area contributed by atoms with Crippen molar-refractivity contribution in [3.8, 4) is 0 Å². The lowest BCUT2D eigenvalue weighted by Crippen LogP contribution is -2.04. The van der Waals surface area contributed by atoms with Crippen molar-refractivity contribution in [2.75, 3.05) is 5.32 Å². The van der Waals surface area contributed by atoms with Crippen molar-refractivity contribution in [1.29, 1.82) is 0 Å². The summed E-state index contributed by atoms with van der Waals surface area (Å²) in [5, 5.41) is 2.73. The van der Waals surface area contributed by atoms with Crippen LogP contribution in [-0.2, 0) is 4.79 Å². The predicted molar refractivity (Wildman–Crippen MR) is 61.5 cm³/mol. The van der Waals surface area contributed by atoms with E-state index in [4.69, 9.17) is 0 Å². The van der Waals surface area contributed by atoms with Gasteiger partial charge in [0.15, 0.2) is 0 Å². The van der Waals surface area contributed by atoms with E-state index in [2.05, 4.69) is 15.3 Å². The molecule has 0 aliphatic carbocycles. The molecule has 2 aromatic heterocycles. The number of rotatable bonds is 1. The highest BCUT2D eigenvalue weighted by atomic mass is 16.2. The number of aromatic nitrogens is 2. The number of carbonyl (C=O) groups excluding carboxylic acids is 1. The first-order valence-electron chi connectivity index (χ1n) is 4.96. The van der Waals surface area contributed by atoms with Crippen LogP contribution in [0.2, 0.25) is 0 Å². The van der Waals surface area contributed by atoms with Crippen molar-refractivity contribution < 1.29 is 4.79 Å². The molecule has 1 aliphatic heterocycles. The van der Waals surface area contributed by atoms with Gasteiger partial charge in [0.2, 0.25) is 0 Å². The minimum atomic E-state index is -0.108. The van der Waals surface area contributed by atoms with Gasteiger partial charge in [0.25, 0.3) is 5.91 Å². The van der Waals surface area contributed by atoms with E-state index in [-0.39, 0.29) is 5.91 Å². The maximum absolute atomic E-state index is 11.7. The van der Waals surface area contributed by atoms with Gasteiger partial charge in [-0.2, -0.15) is 0 Å². The summed E-state index contributed by atoms with van der Waals surface area (Å²) in [6.45, 7) is 0. The number of carbonyl (C=O) groups is 1. The predicted octanol–water partition coefficient (Wildman–Crippen LogP) is 1.90. The molecule has 1 amide bonds. The Labute approximate surface area is 92.0 Å². The van der Waals surface area contributed by atoms with Gasteiger partial charge in [-0.15, -0.1) is 0 Å². The van der Waals surface area contributed by atoms with Gasteiger partial charge in [0, 0.05) is 23.7 Å². The SMILES string of the molecule is O=C1Nc2ncccc2/C1=C/c1ccc[nH]1. The van der Waals surface area contributed by atoms with Gasteiger partial charge >= 0.3 is 0 Å². The number of nitrogens with zero attached hydrogens (tertiary/aromatic N) is 1. The zero-order chi connectivity index (χ0) is 11.0. The fourth-order valence-electron chi connectivity index (χ4n) is 1.75. The van der Waals surface area contributed by atoms with Gasteiger partial charge in [0.05, 0.1) is 5.57 Å². The Hall–Kier alpha value is -2.36. The summed E-state index contributed by atoms with van der Waals surface area (Å²) < 4.78 is 0. The zero-order valence-electron chi connectivity index (χ0n) is 8.40. The van der Waals surface area contributed by atoms with E-state index in [1.54, 1.807) is 6.20 Å². The normalized spacial score (nSPS) is 16.2. The molecule has 3 rings (SSSR count). The lowest BCUT2D eigenvalue weighted by molar-refractivity contribution is -0.110. The number of H-pyrrole nitrogens is 1. The molecule has 16 heavy (non-hydrogen) atoms. The summed E-state index contributed by atoms with van der Waals surface area (Å²) in [6.07, 6.45) is 5.31. The Morgan fingerprint density at radius 2 is 2.19 bits per heavy atom. The molecule has 3 heterocycles. The second-order valence-electron chi connectivity index (χ2n) is 3.54. The highest BCUT2D eigenvalue weighted by Gasteiger charge is 2.24. The summed E-state index contributed by atoms with van der Waals surface area (Å²) in [6, 6.07) is 7.51. The van der Waals surface area contributed by atoms with Crippen molar-refractivity contribution in [1.82, 2.24) is 9.97 Å². The maximum Gasteiger partial charge on any atom is 0.257 e. The highest BCUT2D eigenvalue weighted by Crippen LogP contribution is 2.30. The van der Waals surface area contributed by atoms with Crippen molar-refractivity contribution in [2.24, 2.45) is 0 Å². The minimum Gasteiger partial charge on any atom is -0.362 e. The molecule has 4 nitrogen and oxygen atoms in total. The number of fused-ring (bicyclic) bond motifs is 1. The molecule has 78 valence electrons. The first-order chi connectivity index (χ1) is 7.84. The van der Waals surface area contributed by atoms with Gasteiger partial charge < -0.3 is 10.3 Å². The molecule has 0 fully saturated rings. The molecule has 0 radical (unpaired) electrons. The average Bonchev–Trinajstić information content (AvgIpc) is 2.89. The van der Waals surface area contributed by atoms with Crippen LogP contribution in [0, 0.1) is 0 Å². The van der Waals surface area contributed by atoms with Crippen LogP contribution in [0.15, 0.2) is 36.7 Å². The standard InChI is InChI=1S/C12H9N3O/c16-12-10(7-8-3-1-5-13-8)9-4-2-6-14-11(9)15-12/h1-7,13H,(H,14,15,16)/b10-7-. The smallest absolute Gasteiger partial charge is 0.257 e. The quantitative estimate of drug-likeness (QED) is 0.708. The average molecular weight is 211 g/mol. The Bertz CT molecular complexity index is 570. The third-order valence-corrected chi connectivity index (χ3v) is 2.50. The Kier molecular flexibility index (Phi) is 1.86. The van der Waals surface area contributed by atoms with Crippen LogP contribution in [0.5, 0.6) is 0 Å². The summed E-state index contributed by atoms with van der Waals surface area (Å²) >= 11 is 0. The molecule has 0 unspecified atom stereocenters. The molecule has 0 aromatic carbocycles. The van der Waals surface area contributed by atoms with E-state index in [1.165, 1.54) is 0 Å². The molecule has 0 spiro atoms. The summed E-state index contributed by atoms with van der Waals surface area (Å²) in [5.74, 6) is 0.522. The van der Waals surface area contributed by atoms with Gasteiger partial charge in [0.1, 0.15) is 5.82 Å². The summed E-state index contributed by atoms with van der Waals surface area (Å²) in [4.78, 5) is 18.9. The van der Waals surface area contributed by atoms with Crippen LogP contribution in [0.1, 0.15) is 11.3 Å².